The molecule has 0 saturated heterocycles. The molecule has 1 N–H and O–H groups in total. The molecule has 18 heavy (non-hydrogen) atoms. The number of anilines is 1. The van der Waals surface area contributed by atoms with Crippen LogP contribution in [-0.2, 0) is 0 Å². The van der Waals surface area contributed by atoms with Gasteiger partial charge in [0.05, 0.1) is 10.2 Å². The topological polar surface area (TPSA) is 12.0 Å². The largest absolute Gasteiger partial charge is 0.380 e. The summed E-state index contributed by atoms with van der Waals surface area (Å²) in [5.41, 5.74) is 0.360. The predicted molar refractivity (Wildman–Crippen MR) is 75.8 cm³/mol. The van der Waals surface area contributed by atoms with Gasteiger partial charge in [-0.15, -0.1) is 0 Å². The average Bonchev–Trinajstić information content (AvgIpc) is 2.34. The first-order chi connectivity index (χ1) is 8.47. The van der Waals surface area contributed by atoms with E-state index >= 15 is 0 Å². The van der Waals surface area contributed by atoms with Crippen LogP contribution in [0.2, 0.25) is 0 Å². The Bertz CT molecular complexity index is 396. The molecule has 1 rings (SSSR count). The zero-order valence-corrected chi connectivity index (χ0v) is 12.7. The highest BCUT2D eigenvalue weighted by Crippen LogP contribution is 2.25. The van der Waals surface area contributed by atoms with Gasteiger partial charge in [-0.1, -0.05) is 27.2 Å². The van der Waals surface area contributed by atoms with Gasteiger partial charge in [-0.25, -0.2) is 8.78 Å². The summed E-state index contributed by atoms with van der Waals surface area (Å²) < 4.78 is 27.0. The average molecular weight is 320 g/mol. The van der Waals surface area contributed by atoms with E-state index in [9.17, 15) is 8.78 Å². The SMILES string of the molecule is CCC(C)CC(CC)Nc1cc(Br)c(F)cc1F. The quantitative estimate of drug-likeness (QED) is 0.696. The molecular weight excluding hydrogens is 300 g/mol. The van der Waals surface area contributed by atoms with Gasteiger partial charge in [0.1, 0.15) is 11.6 Å². The van der Waals surface area contributed by atoms with E-state index < -0.39 is 11.6 Å². The van der Waals surface area contributed by atoms with E-state index in [1.807, 2.05) is 0 Å². The van der Waals surface area contributed by atoms with Crippen molar-refractivity contribution in [3.05, 3.63) is 28.2 Å². The van der Waals surface area contributed by atoms with E-state index in [2.05, 4.69) is 42.0 Å². The van der Waals surface area contributed by atoms with E-state index in [0.717, 1.165) is 25.3 Å². The molecule has 102 valence electrons. The molecule has 1 aromatic rings. The maximum atomic E-state index is 13.6. The third kappa shape index (κ3) is 4.23. The van der Waals surface area contributed by atoms with Crippen LogP contribution in [-0.4, -0.2) is 6.04 Å². The highest BCUT2D eigenvalue weighted by atomic mass is 79.9. The molecule has 0 radical (unpaired) electrons. The van der Waals surface area contributed by atoms with Gasteiger partial charge in [0.25, 0.3) is 0 Å². The Kier molecular flexibility index (Phi) is 6.06. The molecule has 0 heterocycles. The molecule has 0 aliphatic carbocycles. The lowest BCUT2D eigenvalue weighted by atomic mass is 9.97. The van der Waals surface area contributed by atoms with Crippen molar-refractivity contribution >= 4 is 21.6 Å². The molecule has 0 saturated carbocycles. The maximum Gasteiger partial charge on any atom is 0.149 e. The number of nitrogens with one attached hydrogen (secondary N) is 1. The summed E-state index contributed by atoms with van der Waals surface area (Å²) in [6, 6.07) is 2.58. The van der Waals surface area contributed by atoms with Crippen molar-refractivity contribution in [3.8, 4) is 0 Å². The lowest BCUT2D eigenvalue weighted by Gasteiger charge is -2.22. The van der Waals surface area contributed by atoms with Crippen LogP contribution in [0.1, 0.15) is 40.0 Å². The van der Waals surface area contributed by atoms with Crippen molar-refractivity contribution in [2.75, 3.05) is 5.32 Å². The molecule has 0 fully saturated rings. The second-order valence-corrected chi connectivity index (χ2v) is 5.60. The minimum atomic E-state index is -0.576. The highest BCUT2D eigenvalue weighted by Gasteiger charge is 2.14. The molecule has 0 spiro atoms. The van der Waals surface area contributed by atoms with Crippen LogP contribution >= 0.6 is 15.9 Å². The molecule has 1 nitrogen and oxygen atoms in total. The second kappa shape index (κ2) is 7.07. The first-order valence-corrected chi connectivity index (χ1v) is 7.18. The molecule has 1 aromatic carbocycles. The maximum absolute atomic E-state index is 13.6. The normalized spacial score (nSPS) is 14.3. The third-order valence-electron chi connectivity index (χ3n) is 3.25. The molecule has 2 atom stereocenters. The fourth-order valence-corrected chi connectivity index (χ4v) is 2.18. The van der Waals surface area contributed by atoms with Gasteiger partial charge in [-0.05, 0) is 40.8 Å². The van der Waals surface area contributed by atoms with Crippen molar-refractivity contribution in [1.29, 1.82) is 0 Å². The third-order valence-corrected chi connectivity index (χ3v) is 3.85. The molecule has 0 bridgehead atoms. The standard InChI is InChI=1S/C14H20BrF2N/c1-4-9(3)6-10(5-2)18-14-7-11(15)12(16)8-13(14)17/h7-10,18H,4-6H2,1-3H3. The van der Waals surface area contributed by atoms with Crippen LogP contribution in [0.3, 0.4) is 0 Å². The summed E-state index contributed by atoms with van der Waals surface area (Å²) in [7, 11) is 0. The van der Waals surface area contributed by atoms with Crippen molar-refractivity contribution in [2.24, 2.45) is 5.92 Å². The fourth-order valence-electron chi connectivity index (χ4n) is 1.83. The molecule has 0 aromatic heterocycles. The summed E-state index contributed by atoms with van der Waals surface area (Å²) in [5, 5.41) is 3.16. The number of hydrogen-bond donors (Lipinski definition) is 1. The zero-order chi connectivity index (χ0) is 13.7. The van der Waals surface area contributed by atoms with Gasteiger partial charge < -0.3 is 5.32 Å². The molecule has 0 aliphatic rings. The van der Waals surface area contributed by atoms with Crippen molar-refractivity contribution in [1.82, 2.24) is 0 Å². The van der Waals surface area contributed by atoms with Crippen LogP contribution in [0.25, 0.3) is 0 Å². The van der Waals surface area contributed by atoms with Crippen LogP contribution in [0.4, 0.5) is 14.5 Å². The van der Waals surface area contributed by atoms with Gasteiger partial charge in [0, 0.05) is 12.1 Å². The van der Waals surface area contributed by atoms with Gasteiger partial charge in [0.2, 0.25) is 0 Å². The molecule has 2 unspecified atom stereocenters. The van der Waals surface area contributed by atoms with E-state index in [-0.39, 0.29) is 10.5 Å². The van der Waals surface area contributed by atoms with Gasteiger partial charge >= 0.3 is 0 Å². The Morgan fingerprint density at radius 2 is 1.83 bits per heavy atom. The van der Waals surface area contributed by atoms with Crippen molar-refractivity contribution < 1.29 is 8.78 Å². The van der Waals surface area contributed by atoms with E-state index in [1.165, 1.54) is 6.07 Å². The number of rotatable bonds is 6. The molecule has 0 amide bonds. The lowest BCUT2D eigenvalue weighted by molar-refractivity contribution is 0.460. The minimum Gasteiger partial charge on any atom is -0.380 e. The van der Waals surface area contributed by atoms with Crippen LogP contribution < -0.4 is 5.32 Å². The molecule has 0 aliphatic heterocycles. The summed E-state index contributed by atoms with van der Waals surface area (Å²) in [6.07, 6.45) is 3.01. The van der Waals surface area contributed by atoms with E-state index in [4.69, 9.17) is 0 Å². The number of benzene rings is 1. The first-order valence-electron chi connectivity index (χ1n) is 6.38. The Labute approximate surface area is 116 Å². The van der Waals surface area contributed by atoms with Gasteiger partial charge in [-0.3, -0.25) is 0 Å². The summed E-state index contributed by atoms with van der Waals surface area (Å²) >= 11 is 3.07. The smallest absolute Gasteiger partial charge is 0.149 e. The Morgan fingerprint density at radius 3 is 2.39 bits per heavy atom. The highest BCUT2D eigenvalue weighted by molar-refractivity contribution is 9.10. The Balaban J connectivity index is 2.78. The van der Waals surface area contributed by atoms with Crippen molar-refractivity contribution in [2.45, 2.75) is 46.1 Å². The monoisotopic (exact) mass is 319 g/mol. The van der Waals surface area contributed by atoms with Crippen molar-refractivity contribution in [3.63, 3.8) is 0 Å². The molecular formula is C14H20BrF2N. The Morgan fingerprint density at radius 1 is 1.17 bits per heavy atom. The summed E-state index contributed by atoms with van der Waals surface area (Å²) in [4.78, 5) is 0. The minimum absolute atomic E-state index is 0.215. The lowest BCUT2D eigenvalue weighted by Crippen LogP contribution is -2.22. The van der Waals surface area contributed by atoms with E-state index in [0.29, 0.717) is 11.6 Å². The Hall–Kier alpha value is -0.640. The summed E-state index contributed by atoms with van der Waals surface area (Å²) in [5.74, 6) is -0.527. The number of hydrogen-bond acceptors (Lipinski definition) is 1. The van der Waals surface area contributed by atoms with Crippen LogP contribution in [0, 0.1) is 17.6 Å². The zero-order valence-electron chi connectivity index (χ0n) is 11.1. The second-order valence-electron chi connectivity index (χ2n) is 4.74. The molecule has 4 heteroatoms. The number of halogens is 3. The van der Waals surface area contributed by atoms with Crippen LogP contribution in [0.5, 0.6) is 0 Å². The first kappa shape index (κ1) is 15.4. The van der Waals surface area contributed by atoms with E-state index in [1.54, 1.807) is 0 Å². The van der Waals surface area contributed by atoms with Gasteiger partial charge in [-0.2, -0.15) is 0 Å². The summed E-state index contributed by atoms with van der Waals surface area (Å²) in [6.45, 7) is 6.39. The predicted octanol–water partition coefficient (Wildman–Crippen LogP) is 5.35. The fraction of sp³-hybridized carbons (Fsp3) is 0.571. The van der Waals surface area contributed by atoms with Crippen LogP contribution in [0.15, 0.2) is 16.6 Å². The van der Waals surface area contributed by atoms with Gasteiger partial charge in [0.15, 0.2) is 0 Å².